The van der Waals surface area contributed by atoms with Crippen LogP contribution in [0.25, 0.3) is 16.7 Å². The lowest BCUT2D eigenvalue weighted by molar-refractivity contribution is 0.148. The number of fused-ring (bicyclic) bond motifs is 2. The summed E-state index contributed by atoms with van der Waals surface area (Å²) in [6.45, 7) is 8.04. The van der Waals surface area contributed by atoms with Crippen molar-refractivity contribution in [1.82, 2.24) is 19.8 Å². The molecule has 0 spiro atoms. The molecule has 35 heavy (non-hydrogen) atoms. The first kappa shape index (κ1) is 21.9. The van der Waals surface area contributed by atoms with Crippen LogP contribution in [0.1, 0.15) is 22.5 Å². The smallest absolute Gasteiger partial charge is 0.175 e. The largest absolute Gasteiger partial charge is 0.452 e. The van der Waals surface area contributed by atoms with Crippen LogP contribution in [-0.4, -0.2) is 53.0 Å². The van der Waals surface area contributed by atoms with Crippen molar-refractivity contribution < 1.29 is 9.13 Å². The molecule has 6 rings (SSSR count). The summed E-state index contributed by atoms with van der Waals surface area (Å²) in [5, 5.41) is 0.540. The Labute approximate surface area is 204 Å². The quantitative estimate of drug-likeness (QED) is 0.426. The summed E-state index contributed by atoms with van der Waals surface area (Å²) in [5.41, 5.74) is 6.08. The molecule has 2 N–H and O–H groups in total. The second kappa shape index (κ2) is 8.91. The molecule has 1 saturated heterocycles. The van der Waals surface area contributed by atoms with Crippen molar-refractivity contribution >= 4 is 22.3 Å². The highest BCUT2D eigenvalue weighted by Gasteiger charge is 2.23. The van der Waals surface area contributed by atoms with Crippen molar-refractivity contribution in [3.05, 3.63) is 89.3 Å². The lowest BCUT2D eigenvalue weighted by Crippen LogP contribution is -2.43. The van der Waals surface area contributed by atoms with E-state index in [2.05, 4.69) is 56.0 Å². The van der Waals surface area contributed by atoms with Gasteiger partial charge in [-0.2, -0.15) is 0 Å². The zero-order chi connectivity index (χ0) is 23.9. The first-order chi connectivity index (χ1) is 17.0. The molecule has 1 fully saturated rings. The number of H-pyrrole nitrogens is 2. The van der Waals surface area contributed by atoms with E-state index in [1.807, 2.05) is 37.5 Å². The highest BCUT2D eigenvalue weighted by Crippen LogP contribution is 2.34. The topological polar surface area (TPSA) is 50.5 Å². The summed E-state index contributed by atoms with van der Waals surface area (Å²) in [6, 6.07) is 16.1. The minimum absolute atomic E-state index is 0.222. The fourth-order valence-electron chi connectivity index (χ4n) is 4.98. The number of likely N-dealkylation sites (N-methyl/N-ethyl adjacent to an activating group) is 1. The van der Waals surface area contributed by atoms with Gasteiger partial charge in [0.2, 0.25) is 0 Å². The van der Waals surface area contributed by atoms with Gasteiger partial charge in [0.05, 0.1) is 6.54 Å². The van der Waals surface area contributed by atoms with Crippen LogP contribution >= 0.6 is 0 Å². The molecule has 6 nitrogen and oxygen atoms in total. The molecule has 2 aliphatic heterocycles. The van der Waals surface area contributed by atoms with Crippen LogP contribution in [-0.2, 0) is 13.1 Å². The molecule has 0 amide bonds. The third-order valence-electron chi connectivity index (χ3n) is 7.03. The predicted octanol–water partition coefficient (Wildman–Crippen LogP) is 5.09. The number of hydrogen-bond acceptors (Lipinski definition) is 4. The summed E-state index contributed by atoms with van der Waals surface area (Å²) in [4.78, 5) is 13.5. The van der Waals surface area contributed by atoms with Gasteiger partial charge >= 0.3 is 0 Å². The zero-order valence-corrected chi connectivity index (χ0v) is 20.1. The zero-order valence-electron chi connectivity index (χ0n) is 20.1. The molecule has 2 aromatic heterocycles. The van der Waals surface area contributed by atoms with E-state index in [1.165, 1.54) is 5.56 Å². The Morgan fingerprint density at radius 2 is 1.80 bits per heavy atom. The molecule has 7 heteroatoms. The van der Waals surface area contributed by atoms with Crippen molar-refractivity contribution in [2.24, 2.45) is 0 Å². The number of nitrogens with one attached hydrogen (secondary N) is 2. The van der Waals surface area contributed by atoms with E-state index < -0.39 is 0 Å². The fourth-order valence-corrected chi connectivity index (χ4v) is 4.98. The van der Waals surface area contributed by atoms with Crippen LogP contribution in [0.3, 0.4) is 0 Å². The van der Waals surface area contributed by atoms with E-state index in [-0.39, 0.29) is 11.6 Å². The maximum absolute atomic E-state index is 15.2. The molecule has 0 bridgehead atoms. The first-order valence-electron chi connectivity index (χ1n) is 12.1. The van der Waals surface area contributed by atoms with E-state index in [0.29, 0.717) is 17.7 Å². The van der Waals surface area contributed by atoms with Crippen LogP contribution < -0.4 is 9.64 Å². The van der Waals surface area contributed by atoms with E-state index in [1.54, 1.807) is 6.07 Å². The minimum Gasteiger partial charge on any atom is -0.452 e. The summed E-state index contributed by atoms with van der Waals surface area (Å²) in [5.74, 6) is 0.494. The summed E-state index contributed by atoms with van der Waals surface area (Å²) in [6.07, 6.45) is 3.87. The van der Waals surface area contributed by atoms with E-state index in [9.17, 15) is 0 Å². The van der Waals surface area contributed by atoms with E-state index in [4.69, 9.17) is 4.74 Å². The minimum atomic E-state index is -0.352. The first-order valence-corrected chi connectivity index (χ1v) is 12.1. The Morgan fingerprint density at radius 1 is 1.00 bits per heavy atom. The van der Waals surface area contributed by atoms with Crippen LogP contribution in [0.5, 0.6) is 5.75 Å². The number of halogens is 1. The Hall–Kier alpha value is -3.55. The molecule has 4 heterocycles. The average molecular weight is 472 g/mol. The lowest BCUT2D eigenvalue weighted by Gasteiger charge is -2.32. The number of nitrogens with zero attached hydrogens (tertiary/aromatic N) is 3. The van der Waals surface area contributed by atoms with Crippen LogP contribution in [0.4, 0.5) is 10.1 Å². The van der Waals surface area contributed by atoms with Gasteiger partial charge in [0.25, 0.3) is 0 Å². The van der Waals surface area contributed by atoms with Gasteiger partial charge in [-0.05, 0) is 55.9 Å². The molecule has 4 aromatic rings. The second-order valence-electron chi connectivity index (χ2n) is 9.63. The molecule has 0 radical (unpaired) electrons. The molecular formula is C28H30FN5O. The SMILES string of the molecule is Cc1cc2c(F)c(OC3=CN(c4ccc(CN5CCN(C)CC5)cc4)Cc4[nH]ccc43)ccc2[nH]1. The number of aromatic nitrogens is 2. The molecule has 2 aromatic carbocycles. The number of hydrogen-bond donors (Lipinski definition) is 2. The molecule has 0 atom stereocenters. The van der Waals surface area contributed by atoms with Gasteiger partial charge in [-0.15, -0.1) is 0 Å². The number of aromatic amines is 2. The monoisotopic (exact) mass is 471 g/mol. The number of rotatable bonds is 5. The standard InChI is InChI=1S/C28H30FN5O/c1-19-15-23-24(31-19)7-8-26(28(23)29)35-27-18-34(17-25-22(27)9-10-30-25)21-5-3-20(4-6-21)16-33-13-11-32(2)12-14-33/h3-10,15,18,30-31H,11-14,16-17H2,1-2H3. The Balaban J connectivity index is 1.24. The van der Waals surface area contributed by atoms with Crippen LogP contribution in [0.15, 0.2) is 60.9 Å². The van der Waals surface area contributed by atoms with Gasteiger partial charge in [0.1, 0.15) is 0 Å². The molecule has 180 valence electrons. The molecule has 2 aliphatic rings. The van der Waals surface area contributed by atoms with Gasteiger partial charge in [-0.1, -0.05) is 12.1 Å². The molecule has 0 aliphatic carbocycles. The predicted molar refractivity (Wildman–Crippen MR) is 138 cm³/mol. The Kier molecular flexibility index (Phi) is 5.59. The number of anilines is 1. The Bertz CT molecular complexity index is 1380. The highest BCUT2D eigenvalue weighted by molar-refractivity contribution is 5.83. The normalized spacial score (nSPS) is 17.0. The van der Waals surface area contributed by atoms with Crippen molar-refractivity contribution in [1.29, 1.82) is 0 Å². The van der Waals surface area contributed by atoms with Crippen molar-refractivity contribution in [2.75, 3.05) is 38.1 Å². The van der Waals surface area contributed by atoms with Gasteiger partial charge < -0.3 is 24.5 Å². The number of aryl methyl sites for hydroxylation is 1. The molecule has 0 saturated carbocycles. The number of piperazine rings is 1. The van der Waals surface area contributed by atoms with E-state index >= 15 is 4.39 Å². The third-order valence-corrected chi connectivity index (χ3v) is 7.03. The van der Waals surface area contributed by atoms with Crippen LogP contribution in [0.2, 0.25) is 0 Å². The number of ether oxygens (including phenoxy) is 1. The third kappa shape index (κ3) is 4.33. The Morgan fingerprint density at radius 3 is 2.60 bits per heavy atom. The van der Waals surface area contributed by atoms with Crippen molar-refractivity contribution in [3.8, 4) is 5.75 Å². The molecule has 0 unspecified atom stereocenters. The summed E-state index contributed by atoms with van der Waals surface area (Å²) in [7, 11) is 2.18. The summed E-state index contributed by atoms with van der Waals surface area (Å²) < 4.78 is 21.4. The highest BCUT2D eigenvalue weighted by atomic mass is 19.1. The average Bonchev–Trinajstić information content (AvgIpc) is 3.49. The van der Waals surface area contributed by atoms with E-state index in [0.717, 1.165) is 60.9 Å². The number of benzene rings is 2. The van der Waals surface area contributed by atoms with Crippen LogP contribution in [0, 0.1) is 12.7 Å². The van der Waals surface area contributed by atoms with Crippen molar-refractivity contribution in [3.63, 3.8) is 0 Å². The molecular weight excluding hydrogens is 441 g/mol. The van der Waals surface area contributed by atoms with Gasteiger partial charge in [-0.3, -0.25) is 4.90 Å². The van der Waals surface area contributed by atoms with Gasteiger partial charge in [0.15, 0.2) is 17.3 Å². The maximum Gasteiger partial charge on any atom is 0.175 e. The van der Waals surface area contributed by atoms with Gasteiger partial charge in [-0.25, -0.2) is 4.39 Å². The van der Waals surface area contributed by atoms with Gasteiger partial charge in [0, 0.05) is 78.7 Å². The maximum atomic E-state index is 15.2. The second-order valence-corrected chi connectivity index (χ2v) is 9.63. The summed E-state index contributed by atoms with van der Waals surface area (Å²) >= 11 is 0. The van der Waals surface area contributed by atoms with Crippen molar-refractivity contribution in [2.45, 2.75) is 20.0 Å². The fraction of sp³-hybridized carbons (Fsp3) is 0.286. The lowest BCUT2D eigenvalue weighted by atomic mass is 10.1.